The predicted octanol–water partition coefficient (Wildman–Crippen LogP) is 2.76. The first-order valence-corrected chi connectivity index (χ1v) is 5.43. The molecule has 0 bridgehead atoms. The van der Waals surface area contributed by atoms with Crippen LogP contribution in [0.25, 0.3) is 5.57 Å². The molecule has 0 aromatic carbocycles. The highest BCUT2D eigenvalue weighted by molar-refractivity contribution is 5.93. The Kier molecular flexibility index (Phi) is 3.19. The van der Waals surface area contributed by atoms with E-state index in [1.54, 1.807) is 13.1 Å². The van der Waals surface area contributed by atoms with Crippen LogP contribution in [-0.2, 0) is 4.79 Å². The molecule has 0 unspecified atom stereocenters. The van der Waals surface area contributed by atoms with Crippen LogP contribution in [0.1, 0.15) is 31.7 Å². The summed E-state index contributed by atoms with van der Waals surface area (Å²) in [5.74, 6) is 0.364. The fraction of sp³-hybridized carbons (Fsp3) is 0.333. The van der Waals surface area contributed by atoms with Crippen molar-refractivity contribution in [1.29, 1.82) is 0 Å². The molecule has 1 aliphatic carbocycles. The Hall–Kier alpha value is -1.84. The van der Waals surface area contributed by atoms with E-state index in [0.717, 1.165) is 24.0 Å². The number of amides is 1. The predicted molar refractivity (Wildman–Crippen MR) is 61.8 cm³/mol. The maximum absolute atomic E-state index is 11.3. The van der Waals surface area contributed by atoms with Crippen LogP contribution in [0.4, 0.5) is 5.88 Å². The van der Waals surface area contributed by atoms with Crippen molar-refractivity contribution < 1.29 is 9.32 Å². The van der Waals surface area contributed by atoms with Crippen molar-refractivity contribution in [3.05, 3.63) is 30.0 Å². The third-order valence-corrected chi connectivity index (χ3v) is 2.45. The van der Waals surface area contributed by atoms with Gasteiger partial charge in [0, 0.05) is 6.42 Å². The minimum absolute atomic E-state index is 0.0709. The fourth-order valence-corrected chi connectivity index (χ4v) is 1.56. The number of nitrogens with zero attached hydrogens (tertiary/aromatic N) is 1. The van der Waals surface area contributed by atoms with Crippen LogP contribution >= 0.6 is 0 Å². The first-order valence-electron chi connectivity index (χ1n) is 5.43. The second-order valence-corrected chi connectivity index (χ2v) is 3.61. The average Bonchev–Trinajstić information content (AvgIpc) is 2.78. The highest BCUT2D eigenvalue weighted by atomic mass is 16.5. The summed E-state index contributed by atoms with van der Waals surface area (Å²) in [6.45, 7) is 1.80. The Morgan fingerprint density at radius 1 is 1.56 bits per heavy atom. The molecule has 0 aliphatic heterocycles. The smallest absolute Gasteiger partial charge is 0.239 e. The zero-order valence-electron chi connectivity index (χ0n) is 9.19. The van der Waals surface area contributed by atoms with Crippen molar-refractivity contribution >= 4 is 17.4 Å². The third-order valence-electron chi connectivity index (χ3n) is 2.45. The molecule has 1 N–H and O–H groups in total. The number of hydrogen-bond acceptors (Lipinski definition) is 3. The largest absolute Gasteiger partial charge is 0.338 e. The van der Waals surface area contributed by atoms with E-state index in [4.69, 9.17) is 4.52 Å². The van der Waals surface area contributed by atoms with Gasteiger partial charge in [0.15, 0.2) is 0 Å². The van der Waals surface area contributed by atoms with Crippen LogP contribution in [0.15, 0.2) is 28.9 Å². The summed E-state index contributed by atoms with van der Waals surface area (Å²) in [5.41, 5.74) is 1.90. The van der Waals surface area contributed by atoms with Crippen molar-refractivity contribution in [2.75, 3.05) is 5.32 Å². The fourth-order valence-electron chi connectivity index (χ4n) is 1.56. The van der Waals surface area contributed by atoms with Gasteiger partial charge in [-0.25, -0.2) is 0 Å². The monoisotopic (exact) mass is 218 g/mol. The van der Waals surface area contributed by atoms with Gasteiger partial charge in [-0.05, 0) is 18.4 Å². The van der Waals surface area contributed by atoms with E-state index in [1.807, 2.05) is 6.08 Å². The van der Waals surface area contributed by atoms with Crippen LogP contribution in [0.2, 0.25) is 0 Å². The molecule has 1 amide bonds. The van der Waals surface area contributed by atoms with E-state index in [1.165, 1.54) is 0 Å². The SMILES string of the molecule is CCC(=O)Nc1oncc1C1=CCCC=C1. The Morgan fingerprint density at radius 3 is 3.12 bits per heavy atom. The molecule has 84 valence electrons. The van der Waals surface area contributed by atoms with Crippen molar-refractivity contribution in [3.63, 3.8) is 0 Å². The van der Waals surface area contributed by atoms with Gasteiger partial charge in [0.1, 0.15) is 0 Å². The van der Waals surface area contributed by atoms with E-state index in [-0.39, 0.29) is 5.91 Å². The second kappa shape index (κ2) is 4.79. The Morgan fingerprint density at radius 2 is 2.44 bits per heavy atom. The Balaban J connectivity index is 2.22. The van der Waals surface area contributed by atoms with Crippen LogP contribution in [0.3, 0.4) is 0 Å². The number of aromatic nitrogens is 1. The van der Waals surface area contributed by atoms with Crippen molar-refractivity contribution in [1.82, 2.24) is 5.16 Å². The van der Waals surface area contributed by atoms with Crippen LogP contribution in [0.5, 0.6) is 0 Å². The van der Waals surface area contributed by atoms with Crippen LogP contribution in [0, 0.1) is 0 Å². The van der Waals surface area contributed by atoms with E-state index < -0.39 is 0 Å². The van der Waals surface area contributed by atoms with Gasteiger partial charge >= 0.3 is 0 Å². The molecule has 0 radical (unpaired) electrons. The standard InChI is InChI=1S/C12H14N2O2/c1-2-11(15)14-12-10(8-13-16-12)9-6-4-3-5-7-9/h4,6-8H,2-3,5H2,1H3,(H,14,15). The lowest BCUT2D eigenvalue weighted by molar-refractivity contribution is -0.116. The van der Waals surface area contributed by atoms with E-state index in [9.17, 15) is 4.79 Å². The molecular weight excluding hydrogens is 204 g/mol. The van der Waals surface area contributed by atoms with Gasteiger partial charge in [-0.15, -0.1) is 0 Å². The van der Waals surface area contributed by atoms with Gasteiger partial charge in [-0.1, -0.05) is 30.3 Å². The van der Waals surface area contributed by atoms with Gasteiger partial charge in [0.2, 0.25) is 11.8 Å². The summed E-state index contributed by atoms with van der Waals surface area (Å²) in [5, 5.41) is 6.41. The molecule has 1 aliphatic rings. The van der Waals surface area contributed by atoms with Crippen molar-refractivity contribution in [2.45, 2.75) is 26.2 Å². The van der Waals surface area contributed by atoms with Gasteiger partial charge in [0.05, 0.1) is 11.8 Å². The second-order valence-electron chi connectivity index (χ2n) is 3.61. The lowest BCUT2D eigenvalue weighted by Crippen LogP contribution is -2.09. The molecule has 0 atom stereocenters. The summed E-state index contributed by atoms with van der Waals surface area (Å²) in [4.78, 5) is 11.3. The number of rotatable bonds is 3. The molecular formula is C12H14N2O2. The summed E-state index contributed by atoms with van der Waals surface area (Å²) < 4.78 is 5.03. The Labute approximate surface area is 94.0 Å². The molecule has 0 fully saturated rings. The number of anilines is 1. The van der Waals surface area contributed by atoms with Gasteiger partial charge in [0.25, 0.3) is 0 Å². The molecule has 0 saturated heterocycles. The molecule has 16 heavy (non-hydrogen) atoms. The molecule has 1 aromatic rings. The maximum Gasteiger partial charge on any atom is 0.239 e. The molecule has 1 heterocycles. The highest BCUT2D eigenvalue weighted by Gasteiger charge is 2.13. The van der Waals surface area contributed by atoms with E-state index >= 15 is 0 Å². The van der Waals surface area contributed by atoms with Gasteiger partial charge < -0.3 is 4.52 Å². The van der Waals surface area contributed by atoms with Crippen molar-refractivity contribution in [3.8, 4) is 0 Å². The normalized spacial score (nSPS) is 14.7. The molecule has 1 aromatic heterocycles. The summed E-state index contributed by atoms with van der Waals surface area (Å²) in [6, 6.07) is 0. The quantitative estimate of drug-likeness (QED) is 0.848. The first kappa shape index (κ1) is 10.7. The average molecular weight is 218 g/mol. The molecule has 4 heteroatoms. The highest BCUT2D eigenvalue weighted by Crippen LogP contribution is 2.27. The number of allylic oxidation sites excluding steroid dienone is 4. The number of carbonyl (C=O) groups is 1. The molecule has 4 nitrogen and oxygen atoms in total. The number of nitrogens with one attached hydrogen (secondary N) is 1. The minimum Gasteiger partial charge on any atom is -0.338 e. The van der Waals surface area contributed by atoms with Crippen LogP contribution in [-0.4, -0.2) is 11.1 Å². The summed E-state index contributed by atoms with van der Waals surface area (Å²) in [6.07, 6.45) is 10.4. The molecule has 2 rings (SSSR count). The lowest BCUT2D eigenvalue weighted by Gasteiger charge is -2.06. The van der Waals surface area contributed by atoms with Crippen molar-refractivity contribution in [2.24, 2.45) is 0 Å². The lowest BCUT2D eigenvalue weighted by atomic mass is 10.0. The first-order chi connectivity index (χ1) is 7.81. The molecule has 0 spiro atoms. The van der Waals surface area contributed by atoms with E-state index in [2.05, 4.69) is 22.6 Å². The van der Waals surface area contributed by atoms with Gasteiger partial charge in [-0.2, -0.15) is 0 Å². The zero-order chi connectivity index (χ0) is 11.4. The zero-order valence-corrected chi connectivity index (χ0v) is 9.19. The van der Waals surface area contributed by atoms with E-state index in [0.29, 0.717) is 12.3 Å². The van der Waals surface area contributed by atoms with Crippen LogP contribution < -0.4 is 5.32 Å². The maximum atomic E-state index is 11.3. The Bertz CT molecular complexity index is 444. The third kappa shape index (κ3) is 2.21. The topological polar surface area (TPSA) is 55.1 Å². The number of hydrogen-bond donors (Lipinski definition) is 1. The minimum atomic E-state index is -0.0709. The summed E-state index contributed by atoms with van der Waals surface area (Å²) >= 11 is 0. The van der Waals surface area contributed by atoms with Gasteiger partial charge in [-0.3, -0.25) is 10.1 Å². The number of carbonyl (C=O) groups excluding carboxylic acids is 1. The molecule has 0 saturated carbocycles. The summed E-state index contributed by atoms with van der Waals surface area (Å²) in [7, 11) is 0.